The van der Waals surface area contributed by atoms with Crippen LogP contribution in [0.1, 0.15) is 32.2 Å². The van der Waals surface area contributed by atoms with Crippen molar-refractivity contribution < 1.29 is 0 Å². The number of hydrogen-bond acceptors (Lipinski definition) is 5. The first-order valence-electron chi connectivity index (χ1n) is 14.5. The highest BCUT2D eigenvalue weighted by atomic mass is 15.0. The molecule has 7 aromatic rings. The summed E-state index contributed by atoms with van der Waals surface area (Å²) in [5.74, 6) is 1.94. The molecule has 5 nitrogen and oxygen atoms in total. The van der Waals surface area contributed by atoms with Crippen LogP contribution < -0.4 is 0 Å². The average molecular weight is 558 g/mol. The van der Waals surface area contributed by atoms with Crippen molar-refractivity contribution in [2.75, 3.05) is 0 Å². The van der Waals surface area contributed by atoms with Crippen LogP contribution in [-0.4, -0.2) is 24.9 Å². The zero-order valence-corrected chi connectivity index (χ0v) is 24.7. The molecule has 0 aliphatic heterocycles. The summed E-state index contributed by atoms with van der Waals surface area (Å²) < 4.78 is 0. The second-order valence-corrected chi connectivity index (χ2v) is 11.9. The zero-order valence-electron chi connectivity index (χ0n) is 24.7. The molecule has 4 aromatic carbocycles. The van der Waals surface area contributed by atoms with E-state index in [1.54, 1.807) is 0 Å². The minimum absolute atomic E-state index is 0.124. The second-order valence-electron chi connectivity index (χ2n) is 11.9. The van der Waals surface area contributed by atoms with Gasteiger partial charge in [0.05, 0.1) is 11.0 Å². The third-order valence-corrected chi connectivity index (χ3v) is 7.70. The van der Waals surface area contributed by atoms with E-state index in [1.807, 2.05) is 67.6 Å². The van der Waals surface area contributed by atoms with E-state index in [2.05, 4.69) is 75.4 Å². The molecule has 0 fully saturated rings. The molecule has 0 saturated heterocycles. The Labute approximate surface area is 251 Å². The van der Waals surface area contributed by atoms with Crippen LogP contribution in [-0.2, 0) is 5.41 Å². The van der Waals surface area contributed by atoms with Gasteiger partial charge in [-0.25, -0.2) is 19.9 Å². The molecular formula is C38H31N5. The van der Waals surface area contributed by atoms with E-state index in [-0.39, 0.29) is 5.41 Å². The summed E-state index contributed by atoms with van der Waals surface area (Å²) in [6.07, 6.45) is 0. The smallest absolute Gasteiger partial charge is 0.164 e. The first-order valence-corrected chi connectivity index (χ1v) is 14.5. The molecule has 0 radical (unpaired) electrons. The van der Waals surface area contributed by atoms with Gasteiger partial charge in [0.2, 0.25) is 0 Å². The fourth-order valence-electron chi connectivity index (χ4n) is 5.33. The van der Waals surface area contributed by atoms with Gasteiger partial charge in [0.1, 0.15) is 0 Å². The van der Waals surface area contributed by atoms with E-state index in [1.165, 1.54) is 0 Å². The van der Waals surface area contributed by atoms with E-state index in [4.69, 9.17) is 24.9 Å². The van der Waals surface area contributed by atoms with Crippen molar-refractivity contribution in [1.82, 2.24) is 24.9 Å². The topological polar surface area (TPSA) is 64.5 Å². The highest BCUT2D eigenvalue weighted by Crippen LogP contribution is 2.36. The number of aromatic nitrogens is 5. The van der Waals surface area contributed by atoms with Crippen LogP contribution in [0.5, 0.6) is 0 Å². The summed E-state index contributed by atoms with van der Waals surface area (Å²) in [5, 5.41) is 2.18. The maximum absolute atomic E-state index is 5.15. The zero-order chi connectivity index (χ0) is 29.6. The average Bonchev–Trinajstić information content (AvgIpc) is 3.04. The van der Waals surface area contributed by atoms with Crippen LogP contribution in [0, 0.1) is 6.92 Å². The molecule has 0 aliphatic rings. The van der Waals surface area contributed by atoms with Gasteiger partial charge >= 0.3 is 0 Å². The Morgan fingerprint density at radius 3 is 1.53 bits per heavy atom. The Balaban J connectivity index is 1.38. The monoisotopic (exact) mass is 557 g/mol. The van der Waals surface area contributed by atoms with Gasteiger partial charge in [-0.1, -0.05) is 124 Å². The lowest BCUT2D eigenvalue weighted by Crippen LogP contribution is -2.14. The fraction of sp³-hybridized carbons (Fsp3) is 0.132. The van der Waals surface area contributed by atoms with Gasteiger partial charge in [0, 0.05) is 44.3 Å². The minimum atomic E-state index is -0.124. The van der Waals surface area contributed by atoms with Gasteiger partial charge in [-0.05, 0) is 30.2 Å². The number of fused-ring (bicyclic) bond motifs is 3. The predicted octanol–water partition coefficient (Wildman–Crippen LogP) is 9.24. The van der Waals surface area contributed by atoms with Crippen LogP contribution in [0.15, 0.2) is 115 Å². The Morgan fingerprint density at radius 1 is 0.465 bits per heavy atom. The summed E-state index contributed by atoms with van der Waals surface area (Å²) in [5.41, 5.74) is 8.84. The molecular weight excluding hydrogens is 526 g/mol. The molecule has 0 bridgehead atoms. The van der Waals surface area contributed by atoms with E-state index >= 15 is 0 Å². The standard InChI is InChI=1S/C38H31N5/c1-24-15-16-26-21-22-30-31(23-32(38(2,3)4)40-34(30)33(26)39-24)25-17-19-29(20-18-25)37-42-35(27-11-7-5-8-12-27)41-36(43-37)28-13-9-6-10-14-28/h5-23H,1-4H3. The van der Waals surface area contributed by atoms with Crippen molar-refractivity contribution in [2.45, 2.75) is 33.1 Å². The van der Waals surface area contributed by atoms with Crippen LogP contribution in [0.25, 0.3) is 67.1 Å². The van der Waals surface area contributed by atoms with Gasteiger partial charge in [0.25, 0.3) is 0 Å². The molecule has 0 N–H and O–H groups in total. The van der Waals surface area contributed by atoms with Gasteiger partial charge in [-0.2, -0.15) is 0 Å². The van der Waals surface area contributed by atoms with Gasteiger partial charge in [0.15, 0.2) is 17.5 Å². The highest BCUT2D eigenvalue weighted by molar-refractivity contribution is 6.08. The maximum atomic E-state index is 5.15. The summed E-state index contributed by atoms with van der Waals surface area (Å²) in [7, 11) is 0. The predicted molar refractivity (Wildman–Crippen MR) is 176 cm³/mol. The molecule has 0 spiro atoms. The normalized spacial score (nSPS) is 11.7. The van der Waals surface area contributed by atoms with Crippen molar-refractivity contribution in [3.05, 3.63) is 127 Å². The molecule has 7 rings (SSSR count). The number of hydrogen-bond donors (Lipinski definition) is 0. The molecule has 0 saturated carbocycles. The van der Waals surface area contributed by atoms with Crippen LogP contribution in [0.3, 0.4) is 0 Å². The van der Waals surface area contributed by atoms with Gasteiger partial charge in [-0.15, -0.1) is 0 Å². The lowest BCUT2D eigenvalue weighted by Gasteiger charge is -2.21. The molecule has 0 amide bonds. The lowest BCUT2D eigenvalue weighted by molar-refractivity contribution is 0.572. The van der Waals surface area contributed by atoms with Crippen LogP contribution in [0.4, 0.5) is 0 Å². The van der Waals surface area contributed by atoms with Crippen molar-refractivity contribution >= 4 is 21.8 Å². The Morgan fingerprint density at radius 2 is 0.977 bits per heavy atom. The Kier molecular flexibility index (Phi) is 6.51. The van der Waals surface area contributed by atoms with E-state index in [0.717, 1.165) is 61.0 Å². The third kappa shape index (κ3) is 5.15. The maximum Gasteiger partial charge on any atom is 0.164 e. The SMILES string of the molecule is Cc1ccc2ccc3c(-c4ccc(-c5nc(-c6ccccc6)nc(-c6ccccc6)n5)cc4)cc(C(C)(C)C)nc3c2n1. The number of pyridine rings is 2. The Hall–Kier alpha value is -5.29. The summed E-state index contributed by atoms with van der Waals surface area (Å²) in [4.78, 5) is 24.7. The van der Waals surface area contributed by atoms with Gasteiger partial charge < -0.3 is 0 Å². The highest BCUT2D eigenvalue weighted by Gasteiger charge is 2.20. The number of aryl methyl sites for hydroxylation is 1. The molecule has 43 heavy (non-hydrogen) atoms. The van der Waals surface area contributed by atoms with Crippen LogP contribution in [0.2, 0.25) is 0 Å². The fourth-order valence-corrected chi connectivity index (χ4v) is 5.33. The minimum Gasteiger partial charge on any atom is -0.251 e. The van der Waals surface area contributed by atoms with Crippen LogP contribution >= 0.6 is 0 Å². The number of nitrogens with zero attached hydrogens (tertiary/aromatic N) is 5. The number of rotatable bonds is 4. The molecule has 208 valence electrons. The quantitative estimate of drug-likeness (QED) is 0.202. The third-order valence-electron chi connectivity index (χ3n) is 7.70. The number of benzene rings is 4. The van der Waals surface area contributed by atoms with Crippen molar-refractivity contribution in [2.24, 2.45) is 0 Å². The first-order chi connectivity index (χ1) is 20.8. The molecule has 0 unspecified atom stereocenters. The van der Waals surface area contributed by atoms with Crippen molar-refractivity contribution in [1.29, 1.82) is 0 Å². The Bertz CT molecular complexity index is 2040. The molecule has 5 heteroatoms. The van der Waals surface area contributed by atoms with Crippen molar-refractivity contribution in [3.63, 3.8) is 0 Å². The summed E-state index contributed by atoms with van der Waals surface area (Å²) >= 11 is 0. The van der Waals surface area contributed by atoms with E-state index < -0.39 is 0 Å². The summed E-state index contributed by atoms with van der Waals surface area (Å²) in [6.45, 7) is 8.63. The molecule has 0 atom stereocenters. The first kappa shape index (κ1) is 26.6. The molecule has 3 heterocycles. The van der Waals surface area contributed by atoms with Crippen molar-refractivity contribution in [3.8, 4) is 45.3 Å². The van der Waals surface area contributed by atoms with Gasteiger partial charge in [-0.3, -0.25) is 4.98 Å². The summed E-state index contributed by atoms with van der Waals surface area (Å²) in [6, 6.07) is 39.3. The molecule has 0 aliphatic carbocycles. The lowest BCUT2D eigenvalue weighted by atomic mass is 9.88. The van der Waals surface area contributed by atoms with E-state index in [0.29, 0.717) is 17.5 Å². The van der Waals surface area contributed by atoms with E-state index in [9.17, 15) is 0 Å². The largest absolute Gasteiger partial charge is 0.251 e. The molecule has 3 aromatic heterocycles. The second kappa shape index (κ2) is 10.5.